The number of furan rings is 1. The van der Waals surface area contributed by atoms with Gasteiger partial charge in [-0.25, -0.2) is 4.79 Å². The molecule has 1 aromatic heterocycles. The summed E-state index contributed by atoms with van der Waals surface area (Å²) in [6, 6.07) is 4.10. The average Bonchev–Trinajstić information content (AvgIpc) is 2.92. The Morgan fingerprint density at radius 1 is 1.71 bits per heavy atom. The summed E-state index contributed by atoms with van der Waals surface area (Å²) >= 11 is 0. The zero-order valence-electron chi connectivity index (χ0n) is 8.19. The fourth-order valence-corrected chi connectivity index (χ4v) is 1.47. The maximum absolute atomic E-state index is 11.5. The number of amides is 2. The van der Waals surface area contributed by atoms with Crippen LogP contribution in [0, 0.1) is 0 Å². The number of carbonyl (C=O) groups excluding carboxylic acids is 1. The van der Waals surface area contributed by atoms with Gasteiger partial charge in [0.1, 0.15) is 5.76 Å². The van der Waals surface area contributed by atoms with Gasteiger partial charge in [0.15, 0.2) is 0 Å². The highest BCUT2D eigenvalue weighted by atomic mass is 16.3. The second-order valence-corrected chi connectivity index (χ2v) is 3.49. The molecular weight excluding hydrogens is 180 g/mol. The minimum Gasteiger partial charge on any atom is -0.467 e. The number of carbonyl (C=O) groups is 1. The van der Waals surface area contributed by atoms with E-state index in [2.05, 4.69) is 5.32 Å². The van der Waals surface area contributed by atoms with Gasteiger partial charge in [0, 0.05) is 13.1 Å². The maximum Gasteiger partial charge on any atom is 0.317 e. The first-order valence-electron chi connectivity index (χ1n) is 4.82. The Balaban J connectivity index is 2.00. The number of hydrogen-bond acceptors (Lipinski definition) is 2. The van der Waals surface area contributed by atoms with Gasteiger partial charge >= 0.3 is 6.03 Å². The van der Waals surface area contributed by atoms with E-state index in [-0.39, 0.29) is 6.03 Å². The Bertz CT molecular complexity index is 304. The van der Waals surface area contributed by atoms with Crippen molar-refractivity contribution < 1.29 is 9.21 Å². The van der Waals surface area contributed by atoms with Crippen molar-refractivity contribution in [3.05, 3.63) is 24.2 Å². The van der Waals surface area contributed by atoms with E-state index in [0.717, 1.165) is 18.6 Å². The maximum atomic E-state index is 11.5. The fourth-order valence-electron chi connectivity index (χ4n) is 1.47. The largest absolute Gasteiger partial charge is 0.467 e. The van der Waals surface area contributed by atoms with E-state index >= 15 is 0 Å². The van der Waals surface area contributed by atoms with Gasteiger partial charge in [-0.3, -0.25) is 0 Å². The number of urea groups is 1. The summed E-state index contributed by atoms with van der Waals surface area (Å²) in [5.41, 5.74) is 0. The van der Waals surface area contributed by atoms with Crippen molar-refractivity contribution in [3.8, 4) is 0 Å². The average molecular weight is 194 g/mol. The van der Waals surface area contributed by atoms with Gasteiger partial charge < -0.3 is 14.6 Å². The Morgan fingerprint density at radius 2 is 2.50 bits per heavy atom. The molecule has 1 fully saturated rings. The van der Waals surface area contributed by atoms with Crippen LogP contribution in [0.15, 0.2) is 22.8 Å². The molecule has 1 N–H and O–H groups in total. The topological polar surface area (TPSA) is 45.5 Å². The summed E-state index contributed by atoms with van der Waals surface area (Å²) in [6.45, 7) is 0.567. The van der Waals surface area contributed by atoms with Crippen LogP contribution in [0.4, 0.5) is 4.79 Å². The molecule has 0 bridgehead atoms. The third kappa shape index (κ3) is 1.89. The Hall–Kier alpha value is -1.45. The molecule has 1 aliphatic rings. The Labute approximate surface area is 82.9 Å². The first kappa shape index (κ1) is 9.12. The summed E-state index contributed by atoms with van der Waals surface area (Å²) in [5, 5.41) is 2.64. The molecule has 1 aromatic rings. The van der Waals surface area contributed by atoms with Gasteiger partial charge in [-0.05, 0) is 25.0 Å². The van der Waals surface area contributed by atoms with Crippen LogP contribution in [0.1, 0.15) is 18.6 Å². The van der Waals surface area contributed by atoms with Crippen LogP contribution in [-0.4, -0.2) is 24.0 Å². The first-order chi connectivity index (χ1) is 6.81. The van der Waals surface area contributed by atoms with Crippen LogP contribution in [0.5, 0.6) is 0 Å². The van der Waals surface area contributed by atoms with E-state index in [1.165, 1.54) is 0 Å². The highest BCUT2D eigenvalue weighted by molar-refractivity contribution is 5.74. The van der Waals surface area contributed by atoms with Crippen molar-refractivity contribution in [2.75, 3.05) is 7.05 Å². The third-order valence-electron chi connectivity index (χ3n) is 2.37. The molecule has 4 nitrogen and oxygen atoms in total. The zero-order valence-corrected chi connectivity index (χ0v) is 8.19. The van der Waals surface area contributed by atoms with Crippen LogP contribution in [-0.2, 0) is 6.54 Å². The quantitative estimate of drug-likeness (QED) is 0.794. The predicted octanol–water partition coefficient (Wildman–Crippen LogP) is 1.58. The second-order valence-electron chi connectivity index (χ2n) is 3.49. The van der Waals surface area contributed by atoms with Crippen LogP contribution in [0.2, 0.25) is 0 Å². The molecule has 2 amide bonds. The van der Waals surface area contributed by atoms with Crippen molar-refractivity contribution in [1.29, 1.82) is 0 Å². The second kappa shape index (κ2) is 3.74. The van der Waals surface area contributed by atoms with Crippen molar-refractivity contribution in [3.63, 3.8) is 0 Å². The molecule has 76 valence electrons. The monoisotopic (exact) mass is 194 g/mol. The molecule has 0 radical (unpaired) electrons. The summed E-state index contributed by atoms with van der Waals surface area (Å²) < 4.78 is 5.21. The molecule has 1 aliphatic carbocycles. The summed E-state index contributed by atoms with van der Waals surface area (Å²) in [6.07, 6.45) is 3.84. The van der Waals surface area contributed by atoms with Crippen molar-refractivity contribution in [1.82, 2.24) is 10.2 Å². The van der Waals surface area contributed by atoms with Gasteiger partial charge in [-0.1, -0.05) is 0 Å². The lowest BCUT2D eigenvalue weighted by Crippen LogP contribution is -2.38. The van der Waals surface area contributed by atoms with Crippen LogP contribution in [0.3, 0.4) is 0 Å². The van der Waals surface area contributed by atoms with Gasteiger partial charge in [0.25, 0.3) is 0 Å². The van der Waals surface area contributed by atoms with E-state index in [9.17, 15) is 4.79 Å². The van der Waals surface area contributed by atoms with E-state index in [0.29, 0.717) is 12.6 Å². The van der Waals surface area contributed by atoms with E-state index in [1.807, 2.05) is 17.0 Å². The smallest absolute Gasteiger partial charge is 0.317 e. The van der Waals surface area contributed by atoms with Crippen LogP contribution >= 0.6 is 0 Å². The lowest BCUT2D eigenvalue weighted by Gasteiger charge is -2.20. The molecule has 0 saturated heterocycles. The number of nitrogens with zero attached hydrogens (tertiary/aromatic N) is 1. The normalized spacial score (nSPS) is 15.2. The zero-order chi connectivity index (χ0) is 9.97. The number of hydrogen-bond donors (Lipinski definition) is 1. The molecule has 14 heavy (non-hydrogen) atoms. The molecule has 1 saturated carbocycles. The van der Waals surface area contributed by atoms with Gasteiger partial charge in [0.2, 0.25) is 0 Å². The first-order valence-corrected chi connectivity index (χ1v) is 4.82. The molecule has 0 spiro atoms. The van der Waals surface area contributed by atoms with Crippen molar-refractivity contribution in [2.45, 2.75) is 25.4 Å². The molecule has 0 aliphatic heterocycles. The van der Waals surface area contributed by atoms with Gasteiger partial charge in [0.05, 0.1) is 12.8 Å². The fraction of sp³-hybridized carbons (Fsp3) is 0.500. The molecule has 2 rings (SSSR count). The standard InChI is InChI=1S/C10H14N2O2/c1-11-10(13)12(8-4-5-8)7-9-3-2-6-14-9/h2-3,6,8H,4-5,7H2,1H3,(H,11,13). The highest BCUT2D eigenvalue weighted by Crippen LogP contribution is 2.28. The number of nitrogens with one attached hydrogen (secondary N) is 1. The summed E-state index contributed by atoms with van der Waals surface area (Å²) in [5.74, 6) is 0.834. The van der Waals surface area contributed by atoms with Crippen LogP contribution < -0.4 is 5.32 Å². The lowest BCUT2D eigenvalue weighted by molar-refractivity contribution is 0.189. The SMILES string of the molecule is CNC(=O)N(Cc1ccco1)C1CC1. The summed E-state index contributed by atoms with van der Waals surface area (Å²) in [4.78, 5) is 13.3. The lowest BCUT2D eigenvalue weighted by atomic mass is 10.4. The third-order valence-corrected chi connectivity index (χ3v) is 2.37. The van der Waals surface area contributed by atoms with E-state index < -0.39 is 0 Å². The van der Waals surface area contributed by atoms with Gasteiger partial charge in [-0.2, -0.15) is 0 Å². The van der Waals surface area contributed by atoms with E-state index in [4.69, 9.17) is 4.42 Å². The van der Waals surface area contributed by atoms with Crippen molar-refractivity contribution >= 4 is 6.03 Å². The Morgan fingerprint density at radius 3 is 3.00 bits per heavy atom. The van der Waals surface area contributed by atoms with Crippen LogP contribution in [0.25, 0.3) is 0 Å². The molecular formula is C10H14N2O2. The summed E-state index contributed by atoms with van der Waals surface area (Å²) in [7, 11) is 1.65. The molecule has 0 atom stereocenters. The Kier molecular flexibility index (Phi) is 2.43. The minimum atomic E-state index is -0.0242. The van der Waals surface area contributed by atoms with Gasteiger partial charge in [-0.15, -0.1) is 0 Å². The molecule has 0 aromatic carbocycles. The number of rotatable bonds is 3. The molecule has 1 heterocycles. The highest BCUT2D eigenvalue weighted by Gasteiger charge is 2.32. The molecule has 4 heteroatoms. The minimum absolute atomic E-state index is 0.0242. The van der Waals surface area contributed by atoms with Crippen molar-refractivity contribution in [2.24, 2.45) is 0 Å². The predicted molar refractivity (Wildman–Crippen MR) is 51.7 cm³/mol. The molecule has 0 unspecified atom stereocenters. The van der Waals surface area contributed by atoms with E-state index in [1.54, 1.807) is 13.3 Å².